The molecular weight excluding hydrogens is 202 g/mol. The van der Waals surface area contributed by atoms with Gasteiger partial charge in [0.25, 0.3) is 0 Å². The van der Waals surface area contributed by atoms with Gasteiger partial charge in [0.15, 0.2) is 11.9 Å². The quantitative estimate of drug-likeness (QED) is 0.653. The van der Waals surface area contributed by atoms with Gasteiger partial charge in [0.1, 0.15) is 23.9 Å². The predicted molar refractivity (Wildman–Crippen MR) is 49.7 cm³/mol. The zero-order valence-electron chi connectivity index (χ0n) is 8.00. The van der Waals surface area contributed by atoms with E-state index in [1.807, 2.05) is 6.07 Å². The molecule has 2 rings (SSSR count). The van der Waals surface area contributed by atoms with Gasteiger partial charge >= 0.3 is 0 Å². The van der Waals surface area contributed by atoms with Crippen LogP contribution in [0.3, 0.4) is 0 Å². The Morgan fingerprint density at radius 3 is 2.93 bits per heavy atom. The van der Waals surface area contributed by atoms with Crippen LogP contribution in [0.25, 0.3) is 0 Å². The van der Waals surface area contributed by atoms with Crippen molar-refractivity contribution in [1.29, 1.82) is 5.26 Å². The van der Waals surface area contributed by atoms with Crippen LogP contribution in [0, 0.1) is 23.0 Å². The summed E-state index contributed by atoms with van der Waals surface area (Å²) in [6.45, 7) is 0.114. The molecule has 0 radical (unpaired) electrons. The van der Waals surface area contributed by atoms with Gasteiger partial charge in [0.05, 0.1) is 6.07 Å². The third-order valence-corrected chi connectivity index (χ3v) is 2.36. The van der Waals surface area contributed by atoms with Gasteiger partial charge in [-0.15, -0.1) is 0 Å². The topological polar surface area (TPSA) is 36.3 Å². The van der Waals surface area contributed by atoms with Gasteiger partial charge < -0.3 is 9.64 Å². The van der Waals surface area contributed by atoms with E-state index in [1.54, 1.807) is 7.05 Å². The lowest BCUT2D eigenvalue weighted by atomic mass is 10.1. The van der Waals surface area contributed by atoms with E-state index in [2.05, 4.69) is 0 Å². The van der Waals surface area contributed by atoms with Crippen molar-refractivity contribution in [3.8, 4) is 11.8 Å². The van der Waals surface area contributed by atoms with Gasteiger partial charge in [0, 0.05) is 19.2 Å². The minimum atomic E-state index is -0.715. The molecule has 3 nitrogen and oxygen atoms in total. The zero-order chi connectivity index (χ0) is 11.0. The second-order valence-electron chi connectivity index (χ2n) is 3.30. The van der Waals surface area contributed by atoms with E-state index in [-0.39, 0.29) is 18.0 Å². The van der Waals surface area contributed by atoms with E-state index >= 15 is 0 Å². The predicted octanol–water partition coefficient (Wildman–Crippen LogP) is 1.69. The number of rotatable bonds is 0. The largest absolute Gasteiger partial charge is 0.488 e. The van der Waals surface area contributed by atoms with Crippen LogP contribution in [0.15, 0.2) is 12.1 Å². The van der Waals surface area contributed by atoms with Crippen molar-refractivity contribution in [2.24, 2.45) is 0 Å². The molecule has 1 aliphatic rings. The molecule has 0 spiro atoms. The zero-order valence-corrected chi connectivity index (χ0v) is 8.00. The van der Waals surface area contributed by atoms with Crippen molar-refractivity contribution >= 4 is 5.69 Å². The SMILES string of the molecule is CN1c2c(F)cc(F)cc2OCC1C#N. The first-order valence-electron chi connectivity index (χ1n) is 4.38. The van der Waals surface area contributed by atoms with E-state index < -0.39 is 17.7 Å². The monoisotopic (exact) mass is 210 g/mol. The summed E-state index contributed by atoms with van der Waals surface area (Å²) in [6.07, 6.45) is 0. The Balaban J connectivity index is 2.52. The standard InChI is InChI=1S/C10H8F2N2O/c1-14-7(4-13)5-15-9-3-6(11)2-8(12)10(9)14/h2-3,7H,5H2,1H3. The maximum absolute atomic E-state index is 13.4. The van der Waals surface area contributed by atoms with Crippen molar-refractivity contribution in [3.63, 3.8) is 0 Å². The smallest absolute Gasteiger partial charge is 0.153 e. The minimum absolute atomic E-state index is 0.114. The molecule has 0 saturated carbocycles. The lowest BCUT2D eigenvalue weighted by Crippen LogP contribution is -2.39. The molecule has 1 unspecified atom stereocenters. The van der Waals surface area contributed by atoms with E-state index in [0.717, 1.165) is 12.1 Å². The van der Waals surface area contributed by atoms with Gasteiger partial charge in [0.2, 0.25) is 0 Å². The van der Waals surface area contributed by atoms with Crippen molar-refractivity contribution in [3.05, 3.63) is 23.8 Å². The molecule has 0 N–H and O–H groups in total. The minimum Gasteiger partial charge on any atom is -0.488 e. The summed E-state index contributed by atoms with van der Waals surface area (Å²) in [5.74, 6) is -1.26. The number of hydrogen-bond acceptors (Lipinski definition) is 3. The molecule has 0 fully saturated rings. The van der Waals surface area contributed by atoms with Gasteiger partial charge in [-0.3, -0.25) is 0 Å². The Morgan fingerprint density at radius 2 is 2.27 bits per heavy atom. The lowest BCUT2D eigenvalue weighted by Gasteiger charge is -2.31. The highest BCUT2D eigenvalue weighted by Crippen LogP contribution is 2.35. The van der Waals surface area contributed by atoms with Crippen LogP contribution < -0.4 is 9.64 Å². The molecule has 5 heteroatoms. The van der Waals surface area contributed by atoms with Crippen LogP contribution in [0.2, 0.25) is 0 Å². The molecule has 78 valence electrons. The van der Waals surface area contributed by atoms with Crippen molar-refractivity contribution in [2.75, 3.05) is 18.6 Å². The molecule has 0 aliphatic carbocycles. The Morgan fingerprint density at radius 1 is 1.53 bits per heavy atom. The van der Waals surface area contributed by atoms with Crippen LogP contribution in [-0.2, 0) is 0 Å². The Bertz CT molecular complexity index is 442. The highest BCUT2D eigenvalue weighted by Gasteiger charge is 2.27. The maximum Gasteiger partial charge on any atom is 0.153 e. The van der Waals surface area contributed by atoms with E-state index in [0.29, 0.717) is 0 Å². The van der Waals surface area contributed by atoms with Crippen LogP contribution in [-0.4, -0.2) is 19.7 Å². The van der Waals surface area contributed by atoms with Gasteiger partial charge in [-0.25, -0.2) is 8.78 Å². The summed E-state index contributed by atoms with van der Waals surface area (Å²) < 4.78 is 31.4. The van der Waals surface area contributed by atoms with Crippen molar-refractivity contribution < 1.29 is 13.5 Å². The van der Waals surface area contributed by atoms with Gasteiger partial charge in [-0.05, 0) is 0 Å². The number of halogens is 2. The second kappa shape index (κ2) is 3.39. The van der Waals surface area contributed by atoms with E-state index in [4.69, 9.17) is 10.00 Å². The number of fused-ring (bicyclic) bond motifs is 1. The Kier molecular flexibility index (Phi) is 2.19. The number of benzene rings is 1. The third kappa shape index (κ3) is 1.48. The summed E-state index contributed by atoms with van der Waals surface area (Å²) in [7, 11) is 1.58. The average Bonchev–Trinajstić information content (AvgIpc) is 2.17. The summed E-state index contributed by atoms with van der Waals surface area (Å²) >= 11 is 0. The highest BCUT2D eigenvalue weighted by molar-refractivity contribution is 5.62. The van der Waals surface area contributed by atoms with Crippen LogP contribution in [0.5, 0.6) is 5.75 Å². The van der Waals surface area contributed by atoms with E-state index in [1.165, 1.54) is 4.90 Å². The first-order valence-corrected chi connectivity index (χ1v) is 4.38. The molecule has 0 bridgehead atoms. The molecular formula is C10H8F2N2O. The molecule has 1 atom stereocenters. The van der Waals surface area contributed by atoms with Gasteiger partial charge in [-0.1, -0.05) is 0 Å². The lowest BCUT2D eigenvalue weighted by molar-refractivity contribution is 0.284. The fourth-order valence-corrected chi connectivity index (χ4v) is 1.55. The molecule has 1 aromatic rings. The summed E-state index contributed by atoms with van der Waals surface area (Å²) in [4.78, 5) is 1.45. The number of ether oxygens (including phenoxy) is 1. The molecule has 1 aliphatic heterocycles. The number of anilines is 1. The summed E-state index contributed by atoms with van der Waals surface area (Å²) in [5, 5.41) is 8.76. The second-order valence-corrected chi connectivity index (χ2v) is 3.30. The highest BCUT2D eigenvalue weighted by atomic mass is 19.1. The molecule has 1 heterocycles. The summed E-state index contributed by atoms with van der Waals surface area (Å²) in [5.41, 5.74) is 0.134. The van der Waals surface area contributed by atoms with E-state index in [9.17, 15) is 8.78 Å². The van der Waals surface area contributed by atoms with Crippen molar-refractivity contribution in [1.82, 2.24) is 0 Å². The molecule has 0 saturated heterocycles. The molecule has 1 aromatic carbocycles. The maximum atomic E-state index is 13.4. The fraction of sp³-hybridized carbons (Fsp3) is 0.300. The fourth-order valence-electron chi connectivity index (χ4n) is 1.55. The van der Waals surface area contributed by atoms with Gasteiger partial charge in [-0.2, -0.15) is 5.26 Å². The van der Waals surface area contributed by atoms with Crippen molar-refractivity contribution in [2.45, 2.75) is 6.04 Å². The van der Waals surface area contributed by atoms with Crippen LogP contribution in [0.1, 0.15) is 0 Å². The third-order valence-electron chi connectivity index (χ3n) is 2.36. The van der Waals surface area contributed by atoms with Crippen LogP contribution >= 0.6 is 0 Å². The first kappa shape index (κ1) is 9.71. The molecule has 0 amide bonds. The molecule has 0 aromatic heterocycles. The number of nitriles is 1. The number of nitrogens with zero attached hydrogens (tertiary/aromatic N) is 2. The van der Waals surface area contributed by atoms with Crippen LogP contribution in [0.4, 0.5) is 14.5 Å². The average molecular weight is 210 g/mol. The first-order chi connectivity index (χ1) is 7.13. The number of likely N-dealkylation sites (N-methyl/N-ethyl adjacent to an activating group) is 1. The normalized spacial score (nSPS) is 19.1. The number of hydrogen-bond donors (Lipinski definition) is 0. The summed E-state index contributed by atoms with van der Waals surface area (Å²) in [6, 6.07) is 3.32. The Labute approximate surface area is 85.5 Å². The Hall–Kier alpha value is -1.83. The molecule has 15 heavy (non-hydrogen) atoms.